The summed E-state index contributed by atoms with van der Waals surface area (Å²) in [7, 11) is 3.15. The highest BCUT2D eigenvalue weighted by Crippen LogP contribution is 2.04. The fourth-order valence-corrected chi connectivity index (χ4v) is 0.920. The summed E-state index contributed by atoms with van der Waals surface area (Å²) < 4.78 is 9.98. The number of rotatable bonds is 5. The first kappa shape index (κ1) is 10.7. The Kier molecular flexibility index (Phi) is 4.09. The predicted octanol–water partition coefficient (Wildman–Crippen LogP) is 0.0896. The molecule has 0 atom stereocenters. The molecule has 1 heterocycles. The Morgan fingerprint density at radius 1 is 1.43 bits per heavy atom. The Hall–Kier alpha value is -1.40. The predicted molar refractivity (Wildman–Crippen MR) is 52.7 cm³/mol. The average Bonchev–Trinajstić information content (AvgIpc) is 2.19. The van der Waals surface area contributed by atoms with Crippen molar-refractivity contribution in [1.29, 1.82) is 0 Å². The van der Waals surface area contributed by atoms with Crippen molar-refractivity contribution in [2.45, 2.75) is 6.29 Å². The van der Waals surface area contributed by atoms with Crippen LogP contribution in [0.1, 0.15) is 0 Å². The van der Waals surface area contributed by atoms with Crippen LogP contribution < -0.4 is 11.1 Å². The number of nitrogens with zero attached hydrogens (tertiary/aromatic N) is 2. The molecule has 0 fully saturated rings. The van der Waals surface area contributed by atoms with Crippen molar-refractivity contribution >= 4 is 11.6 Å². The van der Waals surface area contributed by atoms with Gasteiger partial charge in [0.1, 0.15) is 18.0 Å². The van der Waals surface area contributed by atoms with Crippen molar-refractivity contribution in [3.05, 3.63) is 12.4 Å². The van der Waals surface area contributed by atoms with E-state index in [4.69, 9.17) is 15.2 Å². The van der Waals surface area contributed by atoms with Crippen LogP contribution in [-0.2, 0) is 9.47 Å². The second-order valence-electron chi connectivity index (χ2n) is 2.61. The summed E-state index contributed by atoms with van der Waals surface area (Å²) >= 11 is 0. The van der Waals surface area contributed by atoms with Gasteiger partial charge in [-0.3, -0.25) is 0 Å². The quantitative estimate of drug-likeness (QED) is 0.652. The Labute approximate surface area is 82.4 Å². The van der Waals surface area contributed by atoms with Gasteiger partial charge in [0, 0.05) is 20.3 Å². The highest BCUT2D eigenvalue weighted by atomic mass is 16.7. The van der Waals surface area contributed by atoms with E-state index in [-0.39, 0.29) is 6.29 Å². The van der Waals surface area contributed by atoms with E-state index < -0.39 is 0 Å². The molecule has 6 heteroatoms. The van der Waals surface area contributed by atoms with Gasteiger partial charge in [-0.2, -0.15) is 0 Å². The molecule has 0 spiro atoms. The Morgan fingerprint density at radius 3 is 2.71 bits per heavy atom. The van der Waals surface area contributed by atoms with Gasteiger partial charge in [0.05, 0.1) is 6.54 Å². The molecule has 0 amide bonds. The minimum atomic E-state index is -0.300. The van der Waals surface area contributed by atoms with E-state index in [0.717, 1.165) is 0 Å². The van der Waals surface area contributed by atoms with Crippen molar-refractivity contribution in [1.82, 2.24) is 9.97 Å². The van der Waals surface area contributed by atoms with E-state index in [1.165, 1.54) is 6.33 Å². The minimum Gasteiger partial charge on any atom is -0.384 e. The minimum absolute atomic E-state index is 0.300. The molecule has 0 unspecified atom stereocenters. The third kappa shape index (κ3) is 3.15. The summed E-state index contributed by atoms with van der Waals surface area (Å²) in [5.74, 6) is 1.07. The molecule has 0 saturated carbocycles. The summed E-state index contributed by atoms with van der Waals surface area (Å²) in [4.78, 5) is 7.74. The number of ether oxygens (including phenoxy) is 2. The van der Waals surface area contributed by atoms with Crippen LogP contribution in [0.15, 0.2) is 12.4 Å². The standard InChI is InChI=1S/C8H14N4O2/c1-13-8(14-2)4-10-7-3-6(9)11-5-12-7/h3,5,8H,4H2,1-2H3,(H3,9,10,11,12). The number of nitrogens with two attached hydrogens (primary N) is 1. The molecule has 0 aliphatic heterocycles. The zero-order chi connectivity index (χ0) is 10.4. The molecular weight excluding hydrogens is 184 g/mol. The molecule has 0 aliphatic rings. The van der Waals surface area contributed by atoms with Crippen molar-refractivity contribution in [3.8, 4) is 0 Å². The lowest BCUT2D eigenvalue weighted by molar-refractivity contribution is -0.0914. The number of methoxy groups -OCH3 is 2. The van der Waals surface area contributed by atoms with Gasteiger partial charge < -0.3 is 20.5 Å². The normalized spacial score (nSPS) is 10.5. The van der Waals surface area contributed by atoms with Crippen LogP contribution in [0.5, 0.6) is 0 Å². The molecule has 0 radical (unpaired) electrons. The number of anilines is 2. The molecule has 1 rings (SSSR count). The van der Waals surface area contributed by atoms with E-state index in [1.807, 2.05) is 0 Å². The van der Waals surface area contributed by atoms with E-state index in [0.29, 0.717) is 18.2 Å². The lowest BCUT2D eigenvalue weighted by Gasteiger charge is -2.14. The van der Waals surface area contributed by atoms with Gasteiger partial charge >= 0.3 is 0 Å². The maximum atomic E-state index is 5.48. The second kappa shape index (κ2) is 5.36. The van der Waals surface area contributed by atoms with Crippen LogP contribution in [0.4, 0.5) is 11.6 Å². The van der Waals surface area contributed by atoms with Crippen molar-refractivity contribution in [2.75, 3.05) is 31.8 Å². The van der Waals surface area contributed by atoms with Gasteiger partial charge in [0.2, 0.25) is 0 Å². The third-order valence-electron chi connectivity index (χ3n) is 1.66. The Bertz CT molecular complexity index is 278. The van der Waals surface area contributed by atoms with Gasteiger partial charge in [-0.15, -0.1) is 0 Å². The van der Waals surface area contributed by atoms with Crippen LogP contribution >= 0.6 is 0 Å². The maximum Gasteiger partial charge on any atom is 0.173 e. The fraction of sp³-hybridized carbons (Fsp3) is 0.500. The smallest absolute Gasteiger partial charge is 0.173 e. The van der Waals surface area contributed by atoms with Gasteiger partial charge in [0.25, 0.3) is 0 Å². The van der Waals surface area contributed by atoms with Crippen LogP contribution in [-0.4, -0.2) is 37.0 Å². The zero-order valence-corrected chi connectivity index (χ0v) is 8.23. The number of nitrogens with one attached hydrogen (secondary N) is 1. The van der Waals surface area contributed by atoms with Crippen molar-refractivity contribution in [3.63, 3.8) is 0 Å². The van der Waals surface area contributed by atoms with Gasteiger partial charge in [0.15, 0.2) is 6.29 Å². The molecule has 0 saturated heterocycles. The monoisotopic (exact) mass is 198 g/mol. The molecule has 6 nitrogen and oxygen atoms in total. The molecule has 3 N–H and O–H groups in total. The number of aromatic nitrogens is 2. The third-order valence-corrected chi connectivity index (χ3v) is 1.66. The summed E-state index contributed by atoms with van der Waals surface area (Å²) in [5, 5.41) is 3.01. The molecule has 78 valence electrons. The van der Waals surface area contributed by atoms with Crippen LogP contribution in [0, 0.1) is 0 Å². The van der Waals surface area contributed by atoms with Crippen LogP contribution in [0.25, 0.3) is 0 Å². The lowest BCUT2D eigenvalue weighted by Crippen LogP contribution is -2.24. The number of nitrogen functional groups attached to an aromatic ring is 1. The maximum absolute atomic E-state index is 5.48. The SMILES string of the molecule is COC(CNc1cc(N)ncn1)OC. The highest BCUT2D eigenvalue weighted by molar-refractivity contribution is 5.43. The van der Waals surface area contributed by atoms with Crippen LogP contribution in [0.3, 0.4) is 0 Å². The molecule has 0 aromatic carbocycles. The molecular formula is C8H14N4O2. The van der Waals surface area contributed by atoms with Gasteiger partial charge in [-0.05, 0) is 0 Å². The van der Waals surface area contributed by atoms with Gasteiger partial charge in [-0.25, -0.2) is 9.97 Å². The lowest BCUT2D eigenvalue weighted by atomic mass is 10.5. The Balaban J connectivity index is 2.44. The first-order valence-electron chi connectivity index (χ1n) is 4.13. The van der Waals surface area contributed by atoms with E-state index >= 15 is 0 Å². The number of hydrogen-bond acceptors (Lipinski definition) is 6. The average molecular weight is 198 g/mol. The molecule has 0 bridgehead atoms. The van der Waals surface area contributed by atoms with E-state index in [2.05, 4.69) is 15.3 Å². The van der Waals surface area contributed by atoms with E-state index in [1.54, 1.807) is 20.3 Å². The van der Waals surface area contributed by atoms with E-state index in [9.17, 15) is 0 Å². The van der Waals surface area contributed by atoms with Crippen molar-refractivity contribution in [2.24, 2.45) is 0 Å². The zero-order valence-electron chi connectivity index (χ0n) is 8.23. The summed E-state index contributed by atoms with van der Waals surface area (Å²) in [6.07, 6.45) is 1.10. The second-order valence-corrected chi connectivity index (χ2v) is 2.61. The van der Waals surface area contributed by atoms with Crippen molar-refractivity contribution < 1.29 is 9.47 Å². The molecule has 1 aromatic rings. The highest BCUT2D eigenvalue weighted by Gasteiger charge is 2.04. The summed E-state index contributed by atoms with van der Waals surface area (Å²) in [6, 6.07) is 1.64. The topological polar surface area (TPSA) is 82.3 Å². The van der Waals surface area contributed by atoms with Crippen LogP contribution in [0.2, 0.25) is 0 Å². The number of hydrogen-bond donors (Lipinski definition) is 2. The first-order valence-corrected chi connectivity index (χ1v) is 4.13. The Morgan fingerprint density at radius 2 is 2.14 bits per heavy atom. The fourth-order valence-electron chi connectivity index (χ4n) is 0.920. The summed E-state index contributed by atoms with van der Waals surface area (Å²) in [6.45, 7) is 0.503. The molecule has 1 aromatic heterocycles. The molecule has 0 aliphatic carbocycles. The molecule has 14 heavy (non-hydrogen) atoms. The van der Waals surface area contributed by atoms with Gasteiger partial charge in [-0.1, -0.05) is 0 Å². The first-order chi connectivity index (χ1) is 6.76. The summed E-state index contributed by atoms with van der Waals surface area (Å²) in [5.41, 5.74) is 5.48. The largest absolute Gasteiger partial charge is 0.384 e.